The first-order valence-corrected chi connectivity index (χ1v) is 10.2. The van der Waals surface area contributed by atoms with Crippen LogP contribution in [0.5, 0.6) is 0 Å². The summed E-state index contributed by atoms with van der Waals surface area (Å²) >= 11 is 3.28. The Balaban J connectivity index is 2.48. The number of imidazole rings is 1. The predicted molar refractivity (Wildman–Crippen MR) is 75.4 cm³/mol. The summed E-state index contributed by atoms with van der Waals surface area (Å²) < 4.78 is 12.5. The maximum atomic E-state index is 11.3. The second kappa shape index (κ2) is 6.49. The maximum absolute atomic E-state index is 11.3. The van der Waals surface area contributed by atoms with E-state index in [0.717, 1.165) is 12.7 Å². The lowest BCUT2D eigenvalue weighted by Gasteiger charge is -2.15. The second-order valence-corrected chi connectivity index (χ2v) is 11.5. The lowest BCUT2D eigenvalue weighted by Crippen LogP contribution is -2.22. The molecule has 1 aromatic rings. The summed E-state index contributed by atoms with van der Waals surface area (Å²) in [4.78, 5) is 15.3. The molecule has 0 unspecified atom stereocenters. The topological polar surface area (TPSA) is 53.4 Å². The molecule has 0 saturated carbocycles. The van der Waals surface area contributed by atoms with Gasteiger partial charge in [0.25, 0.3) is 0 Å². The van der Waals surface area contributed by atoms with Gasteiger partial charge in [-0.15, -0.1) is 0 Å². The fraction of sp³-hybridized carbons (Fsp3) is 0.636. The van der Waals surface area contributed by atoms with Crippen molar-refractivity contribution in [2.45, 2.75) is 32.4 Å². The van der Waals surface area contributed by atoms with E-state index in [0.29, 0.717) is 11.5 Å². The van der Waals surface area contributed by atoms with E-state index in [2.05, 4.69) is 45.3 Å². The maximum Gasteiger partial charge on any atom is 0.358 e. The molecule has 5 nitrogen and oxygen atoms in total. The number of nitrogens with zero attached hydrogens (tertiary/aromatic N) is 2. The minimum absolute atomic E-state index is 0.276. The van der Waals surface area contributed by atoms with Gasteiger partial charge in [-0.05, 0) is 22.0 Å². The van der Waals surface area contributed by atoms with Crippen LogP contribution in [0.15, 0.2) is 10.9 Å². The largest absolute Gasteiger partial charge is 0.464 e. The zero-order valence-corrected chi connectivity index (χ0v) is 13.8. The molecule has 102 valence electrons. The zero-order valence-electron chi connectivity index (χ0n) is 11.2. The Morgan fingerprint density at radius 3 is 2.72 bits per heavy atom. The molecule has 0 amide bonds. The van der Waals surface area contributed by atoms with E-state index >= 15 is 0 Å². The molecule has 18 heavy (non-hydrogen) atoms. The van der Waals surface area contributed by atoms with Gasteiger partial charge in [0.05, 0.1) is 7.11 Å². The van der Waals surface area contributed by atoms with Gasteiger partial charge in [0.2, 0.25) is 0 Å². The Hall–Kier alpha value is -0.663. The molecular formula is C11H19BrN2O3Si. The predicted octanol–water partition coefficient (Wildman–Crippen LogP) is 2.74. The molecule has 0 spiro atoms. The van der Waals surface area contributed by atoms with Gasteiger partial charge in [-0.2, -0.15) is 0 Å². The van der Waals surface area contributed by atoms with Crippen LogP contribution in [0, 0.1) is 0 Å². The molecular weight excluding hydrogens is 316 g/mol. The molecule has 0 aromatic carbocycles. The fourth-order valence-corrected chi connectivity index (χ4v) is 2.38. The Morgan fingerprint density at radius 1 is 1.50 bits per heavy atom. The minimum Gasteiger partial charge on any atom is -0.464 e. The van der Waals surface area contributed by atoms with E-state index in [1.54, 1.807) is 10.8 Å². The van der Waals surface area contributed by atoms with Crippen molar-refractivity contribution in [2.75, 3.05) is 13.7 Å². The number of carbonyl (C=O) groups excluding carboxylic acids is 1. The third-order valence-corrected chi connectivity index (χ3v) is 4.69. The smallest absolute Gasteiger partial charge is 0.358 e. The van der Waals surface area contributed by atoms with Gasteiger partial charge in [0, 0.05) is 20.9 Å². The highest BCUT2D eigenvalue weighted by Gasteiger charge is 2.14. The van der Waals surface area contributed by atoms with Crippen LogP contribution in [-0.4, -0.2) is 37.3 Å². The van der Waals surface area contributed by atoms with Crippen LogP contribution in [-0.2, 0) is 16.2 Å². The van der Waals surface area contributed by atoms with Crippen LogP contribution in [0.2, 0.25) is 25.7 Å². The quantitative estimate of drug-likeness (QED) is 0.456. The van der Waals surface area contributed by atoms with Gasteiger partial charge in [-0.1, -0.05) is 19.6 Å². The first-order chi connectivity index (χ1) is 8.33. The fourth-order valence-electron chi connectivity index (χ4n) is 1.23. The van der Waals surface area contributed by atoms with Gasteiger partial charge >= 0.3 is 5.97 Å². The number of ether oxygens (including phenoxy) is 2. The van der Waals surface area contributed by atoms with E-state index < -0.39 is 14.0 Å². The first kappa shape index (κ1) is 15.4. The highest BCUT2D eigenvalue weighted by molar-refractivity contribution is 9.10. The number of hydrogen-bond donors (Lipinski definition) is 0. The lowest BCUT2D eigenvalue weighted by atomic mass is 10.5. The van der Waals surface area contributed by atoms with Gasteiger partial charge in [-0.25, -0.2) is 9.78 Å². The normalized spacial score (nSPS) is 11.6. The number of carbonyl (C=O) groups is 1. The molecule has 0 atom stereocenters. The molecule has 0 saturated heterocycles. The molecule has 0 bridgehead atoms. The molecule has 0 aliphatic carbocycles. The summed E-state index contributed by atoms with van der Waals surface area (Å²) in [6, 6.07) is 1.11. The van der Waals surface area contributed by atoms with Crippen LogP contribution in [0.3, 0.4) is 0 Å². The Morgan fingerprint density at radius 2 is 2.17 bits per heavy atom. The minimum atomic E-state index is -1.06. The molecule has 7 heteroatoms. The van der Waals surface area contributed by atoms with E-state index in [-0.39, 0.29) is 5.69 Å². The molecule has 1 rings (SSSR count). The average Bonchev–Trinajstić information content (AvgIpc) is 2.64. The van der Waals surface area contributed by atoms with Crippen LogP contribution in [0.25, 0.3) is 0 Å². The van der Waals surface area contributed by atoms with Gasteiger partial charge in [-0.3, -0.25) is 0 Å². The Labute approximate surface area is 117 Å². The Bertz CT molecular complexity index is 415. The molecule has 0 N–H and O–H groups in total. The molecule has 1 heterocycles. The number of esters is 1. The molecule has 0 aliphatic rings. The summed E-state index contributed by atoms with van der Waals surface area (Å²) in [5.41, 5.74) is 0.276. The lowest BCUT2D eigenvalue weighted by molar-refractivity contribution is 0.0593. The van der Waals surface area contributed by atoms with E-state index in [1.807, 2.05) is 0 Å². The number of hydrogen-bond acceptors (Lipinski definition) is 4. The third-order valence-electron chi connectivity index (χ3n) is 2.35. The van der Waals surface area contributed by atoms with Crippen LogP contribution in [0.1, 0.15) is 10.5 Å². The van der Waals surface area contributed by atoms with Crippen molar-refractivity contribution in [1.29, 1.82) is 0 Å². The number of methoxy groups -OCH3 is 1. The summed E-state index contributed by atoms with van der Waals surface area (Å²) in [6.45, 7) is 8.03. The Kier molecular flexibility index (Phi) is 5.55. The van der Waals surface area contributed by atoms with Crippen LogP contribution < -0.4 is 0 Å². The van der Waals surface area contributed by atoms with Crippen molar-refractivity contribution >= 4 is 30.0 Å². The third kappa shape index (κ3) is 4.91. The summed E-state index contributed by atoms with van der Waals surface area (Å²) in [7, 11) is 0.270. The van der Waals surface area contributed by atoms with E-state index in [9.17, 15) is 4.79 Å². The number of aromatic nitrogens is 2. The standard InChI is InChI=1S/C11H19BrN2O3Si/c1-16-10(15)9-7-14(11(12)13-9)8-17-5-6-18(2,3)4/h7H,5-6,8H2,1-4H3. The summed E-state index contributed by atoms with van der Waals surface area (Å²) in [5.74, 6) is -0.448. The highest BCUT2D eigenvalue weighted by Crippen LogP contribution is 2.12. The monoisotopic (exact) mass is 334 g/mol. The van der Waals surface area contributed by atoms with E-state index in [1.165, 1.54) is 7.11 Å². The molecule has 1 aromatic heterocycles. The number of rotatable bonds is 6. The SMILES string of the molecule is COC(=O)c1cn(COCC[Si](C)(C)C)c(Br)n1. The highest BCUT2D eigenvalue weighted by atomic mass is 79.9. The molecule has 0 radical (unpaired) electrons. The van der Waals surface area contributed by atoms with Gasteiger partial charge < -0.3 is 14.0 Å². The van der Waals surface area contributed by atoms with E-state index in [4.69, 9.17) is 4.74 Å². The van der Waals surface area contributed by atoms with Crippen molar-refractivity contribution in [1.82, 2.24) is 9.55 Å². The van der Waals surface area contributed by atoms with Gasteiger partial charge in [0.1, 0.15) is 6.73 Å². The van der Waals surface area contributed by atoms with Crippen LogP contribution >= 0.6 is 15.9 Å². The van der Waals surface area contributed by atoms with Crippen molar-refractivity contribution in [3.8, 4) is 0 Å². The zero-order chi connectivity index (χ0) is 13.8. The van der Waals surface area contributed by atoms with Crippen molar-refractivity contribution in [2.24, 2.45) is 0 Å². The average molecular weight is 335 g/mol. The molecule has 0 aliphatic heterocycles. The molecule has 0 fully saturated rings. The van der Waals surface area contributed by atoms with Crippen molar-refractivity contribution < 1.29 is 14.3 Å². The second-order valence-electron chi connectivity index (χ2n) is 5.20. The van der Waals surface area contributed by atoms with Crippen molar-refractivity contribution in [3.63, 3.8) is 0 Å². The van der Waals surface area contributed by atoms with Crippen LogP contribution in [0.4, 0.5) is 0 Å². The summed E-state index contributed by atoms with van der Waals surface area (Å²) in [6.07, 6.45) is 1.62. The first-order valence-electron chi connectivity index (χ1n) is 5.72. The number of halogens is 1. The van der Waals surface area contributed by atoms with Gasteiger partial charge in [0.15, 0.2) is 10.4 Å². The summed E-state index contributed by atoms with van der Waals surface area (Å²) in [5, 5.41) is 0. The van der Waals surface area contributed by atoms with Crippen molar-refractivity contribution in [3.05, 3.63) is 16.6 Å².